The van der Waals surface area contributed by atoms with Gasteiger partial charge >= 0.3 is 0 Å². The Hall–Kier alpha value is -0.640. The Morgan fingerprint density at radius 2 is 2.15 bits per heavy atom. The zero-order chi connectivity index (χ0) is 9.26. The Morgan fingerprint density at radius 1 is 1.46 bits per heavy atom. The first-order valence-corrected chi connectivity index (χ1v) is 5.31. The summed E-state index contributed by atoms with van der Waals surface area (Å²) in [6.45, 7) is 0. The summed E-state index contributed by atoms with van der Waals surface area (Å²) in [7, 11) is 0. The summed E-state index contributed by atoms with van der Waals surface area (Å²) in [6, 6.07) is 0. The number of nitrogens with zero attached hydrogens (tertiary/aromatic N) is 1. The van der Waals surface area contributed by atoms with Crippen LogP contribution in [0.15, 0.2) is 15.6 Å². The van der Waals surface area contributed by atoms with Gasteiger partial charge in [-0.25, -0.2) is 4.98 Å². The van der Waals surface area contributed by atoms with E-state index >= 15 is 0 Å². The summed E-state index contributed by atoms with van der Waals surface area (Å²) in [6.07, 6.45) is 6.32. The molecule has 0 spiro atoms. The fourth-order valence-electron chi connectivity index (χ4n) is 1.88. The van der Waals surface area contributed by atoms with Gasteiger partial charge in [0.2, 0.25) is 0 Å². The van der Waals surface area contributed by atoms with Gasteiger partial charge in [-0.05, 0) is 28.8 Å². The second-order valence-electron chi connectivity index (χ2n) is 3.41. The van der Waals surface area contributed by atoms with Gasteiger partial charge in [-0.3, -0.25) is 4.79 Å². The lowest BCUT2D eigenvalue weighted by Gasteiger charge is -2.08. The molecule has 1 N–H and O–H groups in total. The Bertz CT molecular complexity index is 355. The third-order valence-corrected chi connectivity index (χ3v) is 3.33. The number of H-pyrrole nitrogens is 1. The highest BCUT2D eigenvalue weighted by molar-refractivity contribution is 9.10. The second kappa shape index (κ2) is 3.62. The van der Waals surface area contributed by atoms with Crippen LogP contribution in [0.2, 0.25) is 0 Å². The topological polar surface area (TPSA) is 45.8 Å². The van der Waals surface area contributed by atoms with Crippen molar-refractivity contribution >= 4 is 15.9 Å². The summed E-state index contributed by atoms with van der Waals surface area (Å²) >= 11 is 3.28. The third-order valence-electron chi connectivity index (χ3n) is 2.57. The van der Waals surface area contributed by atoms with Gasteiger partial charge in [0.1, 0.15) is 4.47 Å². The lowest BCUT2D eigenvalue weighted by Crippen LogP contribution is -2.12. The monoisotopic (exact) mass is 242 g/mol. The summed E-state index contributed by atoms with van der Waals surface area (Å²) in [5, 5.41) is 0. The standard InChI is InChI=1S/C9H11BrN2O/c10-7-8(6-3-1-2-4-6)11-5-12-9(7)13/h5-6H,1-4H2,(H,11,12,13). The van der Waals surface area contributed by atoms with Gasteiger partial charge < -0.3 is 4.98 Å². The molecule has 1 saturated carbocycles. The molecule has 0 unspecified atom stereocenters. The van der Waals surface area contributed by atoms with E-state index in [9.17, 15) is 4.79 Å². The molecule has 1 aromatic heterocycles. The van der Waals surface area contributed by atoms with Crippen molar-refractivity contribution in [2.24, 2.45) is 0 Å². The molecule has 70 valence electrons. The van der Waals surface area contributed by atoms with E-state index in [1.54, 1.807) is 0 Å². The van der Waals surface area contributed by atoms with E-state index < -0.39 is 0 Å². The number of hydrogen-bond acceptors (Lipinski definition) is 2. The van der Waals surface area contributed by atoms with Crippen LogP contribution in [0.3, 0.4) is 0 Å². The van der Waals surface area contributed by atoms with Gasteiger partial charge in [-0.1, -0.05) is 12.8 Å². The molecule has 3 nitrogen and oxygen atoms in total. The van der Waals surface area contributed by atoms with Gasteiger partial charge in [0.05, 0.1) is 12.0 Å². The van der Waals surface area contributed by atoms with Gasteiger partial charge in [-0.2, -0.15) is 0 Å². The minimum atomic E-state index is -0.0723. The summed E-state index contributed by atoms with van der Waals surface area (Å²) in [4.78, 5) is 18.0. The van der Waals surface area contributed by atoms with Gasteiger partial charge in [0.15, 0.2) is 0 Å². The minimum absolute atomic E-state index is 0.0723. The Kier molecular flexibility index (Phi) is 2.49. The lowest BCUT2D eigenvalue weighted by molar-refractivity contribution is 0.686. The molecule has 0 radical (unpaired) electrons. The molecule has 1 aliphatic carbocycles. The number of halogens is 1. The first kappa shape index (κ1) is 8.94. The van der Waals surface area contributed by atoms with Crippen molar-refractivity contribution in [1.29, 1.82) is 0 Å². The molecule has 1 aliphatic rings. The Morgan fingerprint density at radius 3 is 2.85 bits per heavy atom. The normalized spacial score (nSPS) is 17.9. The third kappa shape index (κ3) is 1.68. The predicted octanol–water partition coefficient (Wildman–Crippen LogP) is 2.19. The van der Waals surface area contributed by atoms with Crippen LogP contribution >= 0.6 is 15.9 Å². The van der Waals surface area contributed by atoms with E-state index in [1.807, 2.05) is 0 Å². The van der Waals surface area contributed by atoms with Crippen molar-refractivity contribution < 1.29 is 0 Å². The number of nitrogens with one attached hydrogen (secondary N) is 1. The molecular formula is C9H11BrN2O. The molecule has 2 rings (SSSR count). The molecule has 0 aromatic carbocycles. The quantitative estimate of drug-likeness (QED) is 0.821. The van der Waals surface area contributed by atoms with Crippen LogP contribution < -0.4 is 5.56 Å². The summed E-state index contributed by atoms with van der Waals surface area (Å²) in [5.41, 5.74) is 0.859. The fourth-order valence-corrected chi connectivity index (χ4v) is 2.42. The van der Waals surface area contributed by atoms with Gasteiger partial charge in [0, 0.05) is 5.92 Å². The largest absolute Gasteiger partial charge is 0.312 e. The Balaban J connectivity index is 2.39. The van der Waals surface area contributed by atoms with E-state index in [2.05, 4.69) is 25.9 Å². The molecule has 0 saturated heterocycles. The molecule has 13 heavy (non-hydrogen) atoms. The molecule has 4 heteroatoms. The first-order chi connectivity index (χ1) is 6.29. The maximum atomic E-state index is 11.3. The highest BCUT2D eigenvalue weighted by Gasteiger charge is 2.21. The summed E-state index contributed by atoms with van der Waals surface area (Å²) < 4.78 is 0.613. The highest BCUT2D eigenvalue weighted by atomic mass is 79.9. The maximum absolute atomic E-state index is 11.3. The SMILES string of the molecule is O=c1[nH]cnc(C2CCCC2)c1Br. The predicted molar refractivity (Wildman–Crippen MR) is 53.8 cm³/mol. The van der Waals surface area contributed by atoms with Crippen LogP contribution in [0.5, 0.6) is 0 Å². The molecule has 0 bridgehead atoms. The van der Waals surface area contributed by atoms with Crippen LogP contribution in [0, 0.1) is 0 Å². The number of hydrogen-bond donors (Lipinski definition) is 1. The second-order valence-corrected chi connectivity index (χ2v) is 4.21. The lowest BCUT2D eigenvalue weighted by atomic mass is 10.0. The summed E-state index contributed by atoms with van der Waals surface area (Å²) in [5.74, 6) is 0.483. The van der Waals surface area contributed by atoms with Crippen LogP contribution in [0.1, 0.15) is 37.3 Å². The van der Waals surface area contributed by atoms with Crippen LogP contribution in [0.25, 0.3) is 0 Å². The molecule has 1 aromatic rings. The average Bonchev–Trinajstić information content (AvgIpc) is 2.62. The van der Waals surface area contributed by atoms with Crippen molar-refractivity contribution in [3.05, 3.63) is 26.8 Å². The number of rotatable bonds is 1. The molecule has 1 fully saturated rings. The van der Waals surface area contributed by atoms with Crippen LogP contribution in [-0.4, -0.2) is 9.97 Å². The van der Waals surface area contributed by atoms with Crippen molar-refractivity contribution in [1.82, 2.24) is 9.97 Å². The van der Waals surface area contributed by atoms with Crippen molar-refractivity contribution in [3.63, 3.8) is 0 Å². The minimum Gasteiger partial charge on any atom is -0.312 e. The average molecular weight is 243 g/mol. The molecular weight excluding hydrogens is 232 g/mol. The fraction of sp³-hybridized carbons (Fsp3) is 0.556. The van der Waals surface area contributed by atoms with Gasteiger partial charge in [0.25, 0.3) is 5.56 Å². The van der Waals surface area contributed by atoms with E-state index in [0.29, 0.717) is 10.4 Å². The van der Waals surface area contributed by atoms with Crippen molar-refractivity contribution in [2.75, 3.05) is 0 Å². The molecule has 0 aliphatic heterocycles. The zero-order valence-corrected chi connectivity index (χ0v) is 8.80. The van der Waals surface area contributed by atoms with E-state index in [4.69, 9.17) is 0 Å². The highest BCUT2D eigenvalue weighted by Crippen LogP contribution is 2.34. The molecule has 1 heterocycles. The molecule has 0 amide bonds. The number of aromatic nitrogens is 2. The van der Waals surface area contributed by atoms with Gasteiger partial charge in [-0.15, -0.1) is 0 Å². The van der Waals surface area contributed by atoms with Crippen molar-refractivity contribution in [2.45, 2.75) is 31.6 Å². The maximum Gasteiger partial charge on any atom is 0.265 e. The van der Waals surface area contributed by atoms with E-state index in [0.717, 1.165) is 18.5 Å². The Labute approximate surface area is 84.7 Å². The van der Waals surface area contributed by atoms with Crippen molar-refractivity contribution in [3.8, 4) is 0 Å². The first-order valence-electron chi connectivity index (χ1n) is 4.52. The zero-order valence-electron chi connectivity index (χ0n) is 7.22. The van der Waals surface area contributed by atoms with E-state index in [-0.39, 0.29) is 5.56 Å². The number of aromatic amines is 1. The smallest absolute Gasteiger partial charge is 0.265 e. The van der Waals surface area contributed by atoms with Crippen LogP contribution in [0.4, 0.5) is 0 Å². The van der Waals surface area contributed by atoms with Crippen LogP contribution in [-0.2, 0) is 0 Å². The van der Waals surface area contributed by atoms with E-state index in [1.165, 1.54) is 19.2 Å². The molecule has 0 atom stereocenters.